The van der Waals surface area contributed by atoms with E-state index in [4.69, 9.17) is 23.2 Å². The van der Waals surface area contributed by atoms with E-state index < -0.39 is 0 Å². The average Bonchev–Trinajstić information content (AvgIpc) is 2.81. The normalized spacial score (nSPS) is 11.2. The van der Waals surface area contributed by atoms with Crippen molar-refractivity contribution in [3.05, 3.63) is 56.7 Å². The molecule has 0 saturated heterocycles. The van der Waals surface area contributed by atoms with Crippen LogP contribution >= 0.6 is 39.1 Å². The summed E-state index contributed by atoms with van der Waals surface area (Å²) in [5, 5.41) is 1.29. The average molecular weight is 356 g/mol. The second kappa shape index (κ2) is 4.82. The van der Waals surface area contributed by atoms with Gasteiger partial charge < -0.3 is 4.40 Å². The Morgan fingerprint density at radius 3 is 2.74 bits per heavy atom. The topological polar surface area (TPSA) is 17.3 Å². The lowest BCUT2D eigenvalue weighted by molar-refractivity contribution is 1.08. The van der Waals surface area contributed by atoms with Gasteiger partial charge in [-0.1, -0.05) is 23.2 Å². The van der Waals surface area contributed by atoms with Crippen LogP contribution in [0.4, 0.5) is 0 Å². The maximum Gasteiger partial charge on any atom is 0.137 e. The fourth-order valence-corrected chi connectivity index (χ4v) is 2.70. The van der Waals surface area contributed by atoms with E-state index >= 15 is 0 Å². The third-order valence-corrected chi connectivity index (χ3v) is 4.43. The fraction of sp³-hybridized carbons (Fsp3) is 0.0714. The molecule has 1 aromatic carbocycles. The molecule has 0 aliphatic heterocycles. The van der Waals surface area contributed by atoms with Crippen molar-refractivity contribution < 1.29 is 0 Å². The zero-order valence-electron chi connectivity index (χ0n) is 9.99. The number of hydrogen-bond donors (Lipinski definition) is 0. The van der Waals surface area contributed by atoms with Crippen LogP contribution in [0.15, 0.2) is 41.0 Å². The number of pyridine rings is 1. The summed E-state index contributed by atoms with van der Waals surface area (Å²) in [5.74, 6) is 0. The second-order valence-electron chi connectivity index (χ2n) is 4.25. The van der Waals surface area contributed by atoms with E-state index in [-0.39, 0.29) is 0 Å². The minimum Gasteiger partial charge on any atom is -0.303 e. The van der Waals surface area contributed by atoms with E-state index in [0.29, 0.717) is 10.0 Å². The van der Waals surface area contributed by atoms with E-state index in [0.717, 1.165) is 27.1 Å². The van der Waals surface area contributed by atoms with Crippen LogP contribution in [-0.4, -0.2) is 9.38 Å². The number of imidazole rings is 1. The highest BCUT2D eigenvalue weighted by Gasteiger charge is 2.10. The lowest BCUT2D eigenvalue weighted by atomic mass is 10.2. The minimum atomic E-state index is 0.643. The first kappa shape index (κ1) is 13.0. The molecule has 3 rings (SSSR count). The molecule has 96 valence electrons. The summed E-state index contributed by atoms with van der Waals surface area (Å²) in [4.78, 5) is 4.59. The van der Waals surface area contributed by atoms with Gasteiger partial charge in [-0.15, -0.1) is 0 Å². The SMILES string of the molecule is Cc1c(Br)ccc2nc(-c3cc(Cl)ccc3Cl)cn12. The van der Waals surface area contributed by atoms with E-state index in [1.165, 1.54) is 0 Å². The first-order valence-electron chi connectivity index (χ1n) is 5.66. The van der Waals surface area contributed by atoms with Gasteiger partial charge >= 0.3 is 0 Å². The smallest absolute Gasteiger partial charge is 0.137 e. The molecule has 5 heteroatoms. The second-order valence-corrected chi connectivity index (χ2v) is 5.94. The van der Waals surface area contributed by atoms with Crippen LogP contribution in [0.3, 0.4) is 0 Å². The Morgan fingerprint density at radius 2 is 1.95 bits per heavy atom. The van der Waals surface area contributed by atoms with Crippen molar-refractivity contribution in [3.63, 3.8) is 0 Å². The van der Waals surface area contributed by atoms with Crippen molar-refractivity contribution in [2.24, 2.45) is 0 Å². The molecule has 0 amide bonds. The highest BCUT2D eigenvalue weighted by atomic mass is 79.9. The zero-order valence-corrected chi connectivity index (χ0v) is 13.1. The number of nitrogens with zero attached hydrogens (tertiary/aromatic N) is 2. The number of aromatic nitrogens is 2. The molecular weight excluding hydrogens is 347 g/mol. The van der Waals surface area contributed by atoms with E-state index in [2.05, 4.69) is 20.9 Å². The van der Waals surface area contributed by atoms with Crippen molar-refractivity contribution in [2.45, 2.75) is 6.92 Å². The van der Waals surface area contributed by atoms with Gasteiger partial charge in [0.1, 0.15) is 5.65 Å². The number of rotatable bonds is 1. The Kier molecular flexibility index (Phi) is 3.29. The number of benzene rings is 1. The Balaban J connectivity index is 2.26. The standard InChI is InChI=1S/C14H9BrCl2N2/c1-8-11(15)3-5-14-18-13(7-19(8)14)10-6-9(16)2-4-12(10)17/h2-7H,1H3. The van der Waals surface area contributed by atoms with Gasteiger partial charge in [0.2, 0.25) is 0 Å². The molecule has 0 radical (unpaired) electrons. The number of hydrogen-bond acceptors (Lipinski definition) is 1. The molecule has 19 heavy (non-hydrogen) atoms. The van der Waals surface area contributed by atoms with Crippen molar-refractivity contribution in [1.29, 1.82) is 0 Å². The first-order chi connectivity index (χ1) is 9.06. The predicted octanol–water partition coefficient (Wildman–Crippen LogP) is 5.38. The molecule has 0 bridgehead atoms. The van der Waals surface area contributed by atoms with Crippen LogP contribution in [0, 0.1) is 6.92 Å². The molecule has 0 saturated carbocycles. The van der Waals surface area contributed by atoms with E-state index in [1.54, 1.807) is 12.1 Å². The Hall–Kier alpha value is -1.03. The maximum absolute atomic E-state index is 6.21. The molecule has 3 aromatic rings. The molecule has 0 N–H and O–H groups in total. The van der Waals surface area contributed by atoms with Gasteiger partial charge in [0.15, 0.2) is 0 Å². The van der Waals surface area contributed by atoms with Crippen molar-refractivity contribution >= 4 is 44.8 Å². The Labute approximate surface area is 129 Å². The van der Waals surface area contributed by atoms with Gasteiger partial charge in [-0.05, 0) is 53.2 Å². The molecule has 2 nitrogen and oxygen atoms in total. The lowest BCUT2D eigenvalue weighted by Gasteiger charge is -2.01. The summed E-state index contributed by atoms with van der Waals surface area (Å²) in [5.41, 5.74) is 3.63. The number of fused-ring (bicyclic) bond motifs is 1. The van der Waals surface area contributed by atoms with Crippen molar-refractivity contribution in [3.8, 4) is 11.3 Å². The van der Waals surface area contributed by atoms with Gasteiger partial charge in [0.25, 0.3) is 0 Å². The zero-order chi connectivity index (χ0) is 13.6. The van der Waals surface area contributed by atoms with Gasteiger partial charge in [-0.2, -0.15) is 0 Å². The van der Waals surface area contributed by atoms with E-state index in [9.17, 15) is 0 Å². The third kappa shape index (κ3) is 2.27. The molecular formula is C14H9BrCl2N2. The quantitative estimate of drug-likeness (QED) is 0.572. The van der Waals surface area contributed by atoms with Crippen LogP contribution in [-0.2, 0) is 0 Å². The molecule has 2 heterocycles. The van der Waals surface area contributed by atoms with Gasteiger partial charge in [-0.25, -0.2) is 4.98 Å². The van der Waals surface area contributed by atoms with Crippen molar-refractivity contribution in [2.75, 3.05) is 0 Å². The molecule has 0 unspecified atom stereocenters. The van der Waals surface area contributed by atoms with Gasteiger partial charge in [-0.3, -0.25) is 0 Å². The largest absolute Gasteiger partial charge is 0.303 e. The summed E-state index contributed by atoms with van der Waals surface area (Å²) < 4.78 is 3.07. The van der Waals surface area contributed by atoms with Gasteiger partial charge in [0.05, 0.1) is 10.7 Å². The highest BCUT2D eigenvalue weighted by Crippen LogP contribution is 2.31. The summed E-state index contributed by atoms with van der Waals surface area (Å²) in [7, 11) is 0. The number of aryl methyl sites for hydroxylation is 1. The Morgan fingerprint density at radius 1 is 1.16 bits per heavy atom. The lowest BCUT2D eigenvalue weighted by Crippen LogP contribution is -1.89. The predicted molar refractivity (Wildman–Crippen MR) is 83.1 cm³/mol. The molecule has 0 spiro atoms. The summed E-state index contributed by atoms with van der Waals surface area (Å²) in [6, 6.07) is 9.33. The van der Waals surface area contributed by atoms with Crippen LogP contribution in [0.2, 0.25) is 10.0 Å². The molecule has 0 aliphatic carbocycles. The van der Waals surface area contributed by atoms with Crippen LogP contribution in [0.1, 0.15) is 5.69 Å². The van der Waals surface area contributed by atoms with E-state index in [1.807, 2.05) is 35.7 Å². The molecule has 2 aromatic heterocycles. The summed E-state index contributed by atoms with van der Waals surface area (Å²) >= 11 is 15.7. The van der Waals surface area contributed by atoms with Crippen LogP contribution in [0.5, 0.6) is 0 Å². The maximum atomic E-state index is 6.21. The molecule has 0 aliphatic rings. The van der Waals surface area contributed by atoms with Crippen LogP contribution < -0.4 is 0 Å². The first-order valence-corrected chi connectivity index (χ1v) is 7.21. The monoisotopic (exact) mass is 354 g/mol. The molecule has 0 fully saturated rings. The summed E-state index contributed by atoms with van der Waals surface area (Å²) in [6.45, 7) is 2.03. The van der Waals surface area contributed by atoms with Crippen molar-refractivity contribution in [1.82, 2.24) is 9.38 Å². The summed E-state index contributed by atoms with van der Waals surface area (Å²) in [6.07, 6.45) is 1.97. The van der Waals surface area contributed by atoms with Crippen LogP contribution in [0.25, 0.3) is 16.9 Å². The fourth-order valence-electron chi connectivity index (χ4n) is 1.99. The third-order valence-electron chi connectivity index (χ3n) is 3.02. The molecule has 0 atom stereocenters. The minimum absolute atomic E-state index is 0.643. The highest BCUT2D eigenvalue weighted by molar-refractivity contribution is 9.10. The van der Waals surface area contributed by atoms with Gasteiger partial charge in [0, 0.05) is 26.9 Å². The number of halogens is 3. The Bertz CT molecular complexity index is 780.